The summed E-state index contributed by atoms with van der Waals surface area (Å²) in [6, 6.07) is 1.26. The van der Waals surface area contributed by atoms with Gasteiger partial charge in [-0.15, -0.1) is 0 Å². The SMILES string of the molecule is CCOC(C)(CC)c1nc(N)cc(=O)[nH]1. The van der Waals surface area contributed by atoms with Crippen molar-refractivity contribution in [3.63, 3.8) is 0 Å². The van der Waals surface area contributed by atoms with Gasteiger partial charge in [-0.05, 0) is 20.3 Å². The van der Waals surface area contributed by atoms with Crippen LogP contribution in [0, 0.1) is 0 Å². The van der Waals surface area contributed by atoms with E-state index in [9.17, 15) is 4.79 Å². The van der Waals surface area contributed by atoms with Crippen molar-refractivity contribution >= 4 is 5.82 Å². The molecule has 84 valence electrons. The lowest BCUT2D eigenvalue weighted by Crippen LogP contribution is -2.30. The molecule has 1 rings (SSSR count). The molecule has 0 saturated carbocycles. The molecule has 0 bridgehead atoms. The third kappa shape index (κ3) is 2.56. The second-order valence-corrected chi connectivity index (χ2v) is 3.54. The highest BCUT2D eigenvalue weighted by atomic mass is 16.5. The number of rotatable bonds is 4. The van der Waals surface area contributed by atoms with Gasteiger partial charge in [-0.1, -0.05) is 6.92 Å². The van der Waals surface area contributed by atoms with Gasteiger partial charge >= 0.3 is 0 Å². The quantitative estimate of drug-likeness (QED) is 0.779. The number of aromatic amines is 1. The van der Waals surface area contributed by atoms with Gasteiger partial charge in [0, 0.05) is 12.7 Å². The van der Waals surface area contributed by atoms with Crippen molar-refractivity contribution in [3.05, 3.63) is 22.2 Å². The maximum absolute atomic E-state index is 11.2. The Hall–Kier alpha value is -1.36. The molecule has 1 aromatic heterocycles. The van der Waals surface area contributed by atoms with Crippen LogP contribution in [-0.4, -0.2) is 16.6 Å². The molecule has 5 nitrogen and oxygen atoms in total. The summed E-state index contributed by atoms with van der Waals surface area (Å²) < 4.78 is 5.59. The van der Waals surface area contributed by atoms with Crippen LogP contribution in [-0.2, 0) is 10.3 Å². The van der Waals surface area contributed by atoms with Crippen LogP contribution >= 0.6 is 0 Å². The third-order valence-corrected chi connectivity index (χ3v) is 2.40. The molecule has 0 spiro atoms. The first-order valence-corrected chi connectivity index (χ1v) is 5.03. The Morgan fingerprint density at radius 1 is 1.60 bits per heavy atom. The molecule has 1 heterocycles. The van der Waals surface area contributed by atoms with E-state index in [-0.39, 0.29) is 11.4 Å². The lowest BCUT2D eigenvalue weighted by Gasteiger charge is -2.26. The van der Waals surface area contributed by atoms with Gasteiger partial charge in [0.15, 0.2) is 0 Å². The van der Waals surface area contributed by atoms with Crippen molar-refractivity contribution in [2.24, 2.45) is 0 Å². The lowest BCUT2D eigenvalue weighted by atomic mass is 10.0. The summed E-state index contributed by atoms with van der Waals surface area (Å²) in [5.74, 6) is 0.699. The second-order valence-electron chi connectivity index (χ2n) is 3.54. The summed E-state index contributed by atoms with van der Waals surface area (Å²) >= 11 is 0. The van der Waals surface area contributed by atoms with E-state index in [0.717, 1.165) is 0 Å². The molecule has 15 heavy (non-hydrogen) atoms. The molecule has 1 atom stereocenters. The molecule has 1 unspecified atom stereocenters. The summed E-state index contributed by atoms with van der Waals surface area (Å²) in [6.45, 7) is 6.31. The normalized spacial score (nSPS) is 14.9. The van der Waals surface area contributed by atoms with E-state index in [2.05, 4.69) is 9.97 Å². The molecule has 5 heteroatoms. The Kier molecular flexibility index (Phi) is 3.47. The van der Waals surface area contributed by atoms with E-state index >= 15 is 0 Å². The minimum absolute atomic E-state index is 0.216. The van der Waals surface area contributed by atoms with E-state index in [1.165, 1.54) is 6.07 Å². The Balaban J connectivity index is 3.17. The van der Waals surface area contributed by atoms with Crippen molar-refractivity contribution in [2.45, 2.75) is 32.8 Å². The highest BCUT2D eigenvalue weighted by Crippen LogP contribution is 2.25. The van der Waals surface area contributed by atoms with Crippen LogP contribution in [0.5, 0.6) is 0 Å². The Bertz CT molecular complexity index is 388. The van der Waals surface area contributed by atoms with Crippen molar-refractivity contribution in [3.8, 4) is 0 Å². The lowest BCUT2D eigenvalue weighted by molar-refractivity contribution is -0.0391. The molecule has 0 radical (unpaired) electrons. The van der Waals surface area contributed by atoms with Gasteiger partial charge in [0.1, 0.15) is 17.2 Å². The molecule has 1 aromatic rings. The number of H-pyrrole nitrogens is 1. The molecule has 0 amide bonds. The van der Waals surface area contributed by atoms with E-state index in [1.54, 1.807) is 0 Å². The zero-order valence-electron chi connectivity index (χ0n) is 9.33. The number of anilines is 1. The van der Waals surface area contributed by atoms with Gasteiger partial charge in [0.05, 0.1) is 0 Å². The van der Waals surface area contributed by atoms with Gasteiger partial charge in [0.2, 0.25) is 0 Å². The topological polar surface area (TPSA) is 81.0 Å². The minimum Gasteiger partial charge on any atom is -0.383 e. The molecule has 0 aliphatic rings. The number of nitrogen functional groups attached to an aromatic ring is 1. The van der Waals surface area contributed by atoms with Crippen LogP contribution < -0.4 is 11.3 Å². The summed E-state index contributed by atoms with van der Waals surface area (Å²) in [6.07, 6.45) is 0.716. The molecule has 0 fully saturated rings. The fourth-order valence-corrected chi connectivity index (χ4v) is 1.38. The average molecular weight is 211 g/mol. The van der Waals surface area contributed by atoms with E-state index in [0.29, 0.717) is 18.9 Å². The molecular formula is C10H17N3O2. The molecule has 0 saturated heterocycles. The standard InChI is InChI=1S/C10H17N3O2/c1-4-10(3,15-5-2)9-12-7(11)6-8(14)13-9/h6H,4-5H2,1-3H3,(H3,11,12,13,14). The number of aromatic nitrogens is 2. The van der Waals surface area contributed by atoms with Gasteiger partial charge in [-0.3, -0.25) is 4.79 Å². The van der Waals surface area contributed by atoms with E-state index < -0.39 is 5.60 Å². The number of nitrogens with two attached hydrogens (primary N) is 1. The fourth-order valence-electron chi connectivity index (χ4n) is 1.38. The van der Waals surface area contributed by atoms with E-state index in [4.69, 9.17) is 10.5 Å². The predicted molar refractivity (Wildman–Crippen MR) is 58.5 cm³/mol. The Morgan fingerprint density at radius 3 is 2.73 bits per heavy atom. The smallest absolute Gasteiger partial charge is 0.253 e. The maximum Gasteiger partial charge on any atom is 0.253 e. The highest BCUT2D eigenvalue weighted by Gasteiger charge is 2.27. The first-order chi connectivity index (χ1) is 7.01. The summed E-state index contributed by atoms with van der Waals surface area (Å²) in [4.78, 5) is 18.0. The molecular weight excluding hydrogens is 194 g/mol. The Morgan fingerprint density at radius 2 is 2.27 bits per heavy atom. The summed E-state index contributed by atoms with van der Waals surface area (Å²) in [5, 5.41) is 0. The van der Waals surface area contributed by atoms with Crippen molar-refractivity contribution in [2.75, 3.05) is 12.3 Å². The monoisotopic (exact) mass is 211 g/mol. The number of hydrogen-bond acceptors (Lipinski definition) is 4. The van der Waals surface area contributed by atoms with Gasteiger partial charge in [0.25, 0.3) is 5.56 Å². The van der Waals surface area contributed by atoms with Gasteiger partial charge in [-0.25, -0.2) is 4.98 Å². The number of nitrogens with one attached hydrogen (secondary N) is 1. The van der Waals surface area contributed by atoms with Crippen molar-refractivity contribution in [1.29, 1.82) is 0 Å². The number of ether oxygens (including phenoxy) is 1. The largest absolute Gasteiger partial charge is 0.383 e. The van der Waals surface area contributed by atoms with Crippen LogP contribution in [0.15, 0.2) is 10.9 Å². The van der Waals surface area contributed by atoms with Crippen LogP contribution in [0.1, 0.15) is 33.0 Å². The molecule has 3 N–H and O–H groups in total. The molecule has 0 aliphatic carbocycles. The summed E-state index contributed by atoms with van der Waals surface area (Å²) in [7, 11) is 0. The first-order valence-electron chi connectivity index (χ1n) is 5.03. The first kappa shape index (κ1) is 11.7. The minimum atomic E-state index is -0.580. The van der Waals surface area contributed by atoms with Gasteiger partial charge in [-0.2, -0.15) is 0 Å². The zero-order valence-corrected chi connectivity index (χ0v) is 9.33. The highest BCUT2D eigenvalue weighted by molar-refractivity contribution is 5.26. The van der Waals surface area contributed by atoms with Crippen molar-refractivity contribution < 1.29 is 4.74 Å². The predicted octanol–water partition coefficient (Wildman–Crippen LogP) is 1.01. The van der Waals surface area contributed by atoms with Gasteiger partial charge < -0.3 is 15.5 Å². The van der Waals surface area contributed by atoms with Crippen LogP contribution in [0.4, 0.5) is 5.82 Å². The number of nitrogens with zero attached hydrogens (tertiary/aromatic N) is 1. The Labute approximate surface area is 88.7 Å². The van der Waals surface area contributed by atoms with Crippen LogP contribution in [0.3, 0.4) is 0 Å². The second kappa shape index (κ2) is 4.44. The van der Waals surface area contributed by atoms with Crippen LogP contribution in [0.2, 0.25) is 0 Å². The average Bonchev–Trinajstić information content (AvgIpc) is 2.16. The summed E-state index contributed by atoms with van der Waals surface area (Å²) in [5.41, 5.74) is 4.69. The zero-order chi connectivity index (χ0) is 11.5. The molecule has 0 aromatic carbocycles. The maximum atomic E-state index is 11.2. The number of hydrogen-bond donors (Lipinski definition) is 2. The molecule has 0 aliphatic heterocycles. The van der Waals surface area contributed by atoms with Crippen LogP contribution in [0.25, 0.3) is 0 Å². The third-order valence-electron chi connectivity index (χ3n) is 2.40. The van der Waals surface area contributed by atoms with Crippen molar-refractivity contribution in [1.82, 2.24) is 9.97 Å². The van der Waals surface area contributed by atoms with E-state index in [1.807, 2.05) is 20.8 Å². The fraction of sp³-hybridized carbons (Fsp3) is 0.600.